The number of rotatable bonds is 10. The zero-order valence-corrected chi connectivity index (χ0v) is 18.5. The van der Waals surface area contributed by atoms with Crippen molar-refractivity contribution < 1.29 is 28.2 Å². The Morgan fingerprint density at radius 3 is 2.72 bits per heavy atom. The van der Waals surface area contributed by atoms with Crippen molar-refractivity contribution >= 4 is 34.1 Å². The third kappa shape index (κ3) is 6.14. The van der Waals surface area contributed by atoms with E-state index in [1.54, 1.807) is 32.2 Å². The van der Waals surface area contributed by atoms with Crippen molar-refractivity contribution in [1.82, 2.24) is 0 Å². The van der Waals surface area contributed by atoms with Gasteiger partial charge in [0.05, 0.1) is 20.3 Å². The Bertz CT molecular complexity index is 1110. The summed E-state index contributed by atoms with van der Waals surface area (Å²) in [7, 11) is 1.57. The number of hydrogen-bond acceptors (Lipinski definition) is 6. The molecule has 0 aliphatic rings. The first kappa shape index (κ1) is 22.9. The standard InChI is InChI=1S/C25H27NO6/c1-4-30-24(28)12-7-13-31-21-11-5-8-18-15-22(32-25(18)21)17(2)14-23(27)26-19-9-6-10-20(16-19)29-3/h5-6,8-11,14-16H,4,7,12-13H2,1-3H3,(H,26,27)/b17-14-. The van der Waals surface area contributed by atoms with Crippen LogP contribution in [0.25, 0.3) is 16.5 Å². The average Bonchev–Trinajstić information content (AvgIpc) is 3.22. The lowest BCUT2D eigenvalue weighted by Crippen LogP contribution is -2.08. The highest BCUT2D eigenvalue weighted by Crippen LogP contribution is 2.31. The minimum absolute atomic E-state index is 0.234. The van der Waals surface area contributed by atoms with Crippen LogP contribution in [0.15, 0.2) is 59.0 Å². The molecule has 0 bridgehead atoms. The van der Waals surface area contributed by atoms with Crippen molar-refractivity contribution in [3.63, 3.8) is 0 Å². The summed E-state index contributed by atoms with van der Waals surface area (Å²) in [6.45, 7) is 4.33. The molecule has 7 nitrogen and oxygen atoms in total. The van der Waals surface area contributed by atoms with Crippen LogP contribution in [-0.4, -0.2) is 32.2 Å². The zero-order valence-electron chi connectivity index (χ0n) is 18.5. The molecule has 168 valence electrons. The number of furan rings is 1. The summed E-state index contributed by atoms with van der Waals surface area (Å²) in [6.07, 6.45) is 2.33. The van der Waals surface area contributed by atoms with Gasteiger partial charge in [0.25, 0.3) is 0 Å². The van der Waals surface area contributed by atoms with Gasteiger partial charge >= 0.3 is 5.97 Å². The number of carbonyl (C=O) groups is 2. The van der Waals surface area contributed by atoms with Gasteiger partial charge in [0.1, 0.15) is 11.5 Å². The van der Waals surface area contributed by atoms with Crippen LogP contribution in [0.4, 0.5) is 5.69 Å². The minimum atomic E-state index is -0.272. The van der Waals surface area contributed by atoms with Crippen LogP contribution in [0, 0.1) is 0 Å². The maximum Gasteiger partial charge on any atom is 0.305 e. The van der Waals surface area contributed by atoms with Gasteiger partial charge in [-0.05, 0) is 50.1 Å². The Kier molecular flexibility index (Phi) is 7.91. The van der Waals surface area contributed by atoms with Gasteiger partial charge in [-0.3, -0.25) is 9.59 Å². The Hall–Kier alpha value is -3.74. The molecule has 1 amide bonds. The quantitative estimate of drug-likeness (QED) is 0.266. The predicted molar refractivity (Wildman–Crippen MR) is 123 cm³/mol. The molecule has 0 fully saturated rings. The van der Waals surface area contributed by atoms with E-state index in [-0.39, 0.29) is 11.9 Å². The summed E-state index contributed by atoms with van der Waals surface area (Å²) < 4.78 is 21.9. The maximum atomic E-state index is 12.4. The fourth-order valence-electron chi connectivity index (χ4n) is 3.12. The van der Waals surface area contributed by atoms with E-state index in [1.807, 2.05) is 37.3 Å². The lowest BCUT2D eigenvalue weighted by Gasteiger charge is -2.06. The zero-order chi connectivity index (χ0) is 22.9. The summed E-state index contributed by atoms with van der Waals surface area (Å²) >= 11 is 0. The van der Waals surface area contributed by atoms with Crippen molar-refractivity contribution in [2.45, 2.75) is 26.7 Å². The molecule has 0 radical (unpaired) electrons. The second-order valence-electron chi connectivity index (χ2n) is 7.09. The fourth-order valence-corrected chi connectivity index (χ4v) is 3.12. The first-order valence-corrected chi connectivity index (χ1v) is 10.4. The number of carbonyl (C=O) groups excluding carboxylic acids is 2. The minimum Gasteiger partial charge on any atom is -0.497 e. The largest absolute Gasteiger partial charge is 0.497 e. The van der Waals surface area contributed by atoms with Crippen LogP contribution < -0.4 is 14.8 Å². The van der Waals surface area contributed by atoms with Gasteiger partial charge in [-0.2, -0.15) is 0 Å². The van der Waals surface area contributed by atoms with Gasteiger partial charge in [0, 0.05) is 29.6 Å². The monoisotopic (exact) mass is 437 g/mol. The SMILES string of the molecule is CCOC(=O)CCCOc1cccc2cc(/C(C)=C\C(=O)Nc3cccc(OC)c3)oc12. The number of para-hydroxylation sites is 1. The molecular weight excluding hydrogens is 410 g/mol. The van der Waals surface area contributed by atoms with E-state index in [1.165, 1.54) is 6.08 Å². The molecule has 0 unspecified atom stereocenters. The first-order valence-electron chi connectivity index (χ1n) is 10.4. The number of nitrogens with one attached hydrogen (secondary N) is 1. The van der Waals surface area contributed by atoms with E-state index in [0.717, 1.165) is 5.39 Å². The van der Waals surface area contributed by atoms with E-state index in [9.17, 15) is 9.59 Å². The Labute approximate surface area is 187 Å². The summed E-state index contributed by atoms with van der Waals surface area (Å²) in [5.41, 5.74) is 1.91. The van der Waals surface area contributed by atoms with Crippen molar-refractivity contribution in [2.75, 3.05) is 25.6 Å². The molecule has 2 aromatic carbocycles. The highest BCUT2D eigenvalue weighted by molar-refractivity contribution is 6.04. The molecule has 1 heterocycles. The lowest BCUT2D eigenvalue weighted by atomic mass is 10.2. The van der Waals surface area contributed by atoms with Crippen LogP contribution in [-0.2, 0) is 14.3 Å². The second kappa shape index (κ2) is 11.0. The summed E-state index contributed by atoms with van der Waals surface area (Å²) in [5, 5.41) is 3.68. The number of benzene rings is 2. The number of anilines is 1. The molecule has 0 atom stereocenters. The molecule has 1 aromatic heterocycles. The van der Waals surface area contributed by atoms with E-state index in [2.05, 4.69) is 5.32 Å². The van der Waals surface area contributed by atoms with Crippen LogP contribution in [0.5, 0.6) is 11.5 Å². The number of methoxy groups -OCH3 is 1. The van der Waals surface area contributed by atoms with Crippen molar-refractivity contribution in [3.8, 4) is 11.5 Å². The molecule has 0 aliphatic heterocycles. The summed E-state index contributed by atoms with van der Waals surface area (Å²) in [5.74, 6) is 1.32. The van der Waals surface area contributed by atoms with E-state index < -0.39 is 0 Å². The van der Waals surface area contributed by atoms with Gasteiger partial charge in [-0.1, -0.05) is 18.2 Å². The number of ether oxygens (including phenoxy) is 3. The number of allylic oxidation sites excluding steroid dienone is 1. The number of fused-ring (bicyclic) bond motifs is 1. The van der Waals surface area contributed by atoms with Crippen LogP contribution >= 0.6 is 0 Å². The highest BCUT2D eigenvalue weighted by atomic mass is 16.5. The Balaban J connectivity index is 1.67. The second-order valence-corrected chi connectivity index (χ2v) is 7.09. The average molecular weight is 437 g/mol. The van der Waals surface area contributed by atoms with Crippen LogP contribution in [0.3, 0.4) is 0 Å². The molecule has 0 saturated heterocycles. The number of hydrogen-bond donors (Lipinski definition) is 1. The molecule has 1 N–H and O–H groups in total. The maximum absolute atomic E-state index is 12.4. The van der Waals surface area contributed by atoms with E-state index >= 15 is 0 Å². The topological polar surface area (TPSA) is 87.0 Å². The normalized spacial score (nSPS) is 11.3. The summed E-state index contributed by atoms with van der Waals surface area (Å²) in [4.78, 5) is 23.9. The Morgan fingerprint density at radius 2 is 1.94 bits per heavy atom. The molecule has 3 aromatic rings. The molecule has 0 spiro atoms. The third-order valence-electron chi connectivity index (χ3n) is 4.67. The lowest BCUT2D eigenvalue weighted by molar-refractivity contribution is -0.143. The van der Waals surface area contributed by atoms with Crippen molar-refractivity contribution in [2.24, 2.45) is 0 Å². The number of amides is 1. The fraction of sp³-hybridized carbons (Fsp3) is 0.280. The van der Waals surface area contributed by atoms with Crippen molar-refractivity contribution in [1.29, 1.82) is 0 Å². The van der Waals surface area contributed by atoms with Gasteiger partial charge in [0.15, 0.2) is 11.3 Å². The molecule has 32 heavy (non-hydrogen) atoms. The Morgan fingerprint density at radius 1 is 1.12 bits per heavy atom. The molecule has 3 rings (SSSR count). The van der Waals surface area contributed by atoms with E-state index in [0.29, 0.717) is 60.2 Å². The third-order valence-corrected chi connectivity index (χ3v) is 4.67. The van der Waals surface area contributed by atoms with Gasteiger partial charge < -0.3 is 23.9 Å². The van der Waals surface area contributed by atoms with E-state index in [4.69, 9.17) is 18.6 Å². The molecule has 0 aliphatic carbocycles. The molecule has 0 saturated carbocycles. The predicted octanol–water partition coefficient (Wildman–Crippen LogP) is 5.21. The highest BCUT2D eigenvalue weighted by Gasteiger charge is 2.12. The number of esters is 1. The van der Waals surface area contributed by atoms with Crippen LogP contribution in [0.1, 0.15) is 32.4 Å². The van der Waals surface area contributed by atoms with Crippen LogP contribution in [0.2, 0.25) is 0 Å². The van der Waals surface area contributed by atoms with Gasteiger partial charge in [0.2, 0.25) is 5.91 Å². The van der Waals surface area contributed by atoms with Gasteiger partial charge in [-0.15, -0.1) is 0 Å². The van der Waals surface area contributed by atoms with Gasteiger partial charge in [-0.25, -0.2) is 0 Å². The first-order chi connectivity index (χ1) is 15.5. The van der Waals surface area contributed by atoms with Crippen molar-refractivity contribution in [3.05, 3.63) is 60.4 Å². The smallest absolute Gasteiger partial charge is 0.305 e. The summed E-state index contributed by atoms with van der Waals surface area (Å²) in [6, 6.07) is 14.6. The molecule has 7 heteroatoms. The molecular formula is C25H27NO6.